The smallest absolute Gasteiger partial charge is 0.137 e. The van der Waals surface area contributed by atoms with Crippen molar-refractivity contribution in [3.63, 3.8) is 0 Å². The number of hydrogen-bond donors (Lipinski definition) is 0. The zero-order valence-electron chi connectivity index (χ0n) is 11.6. The van der Waals surface area contributed by atoms with E-state index in [1.165, 1.54) is 37.8 Å². The maximum absolute atomic E-state index is 12.9. The molecule has 0 spiro atoms. The van der Waals surface area contributed by atoms with Crippen molar-refractivity contribution in [2.24, 2.45) is 0 Å². The number of carbonyl (C=O) groups is 1. The van der Waals surface area contributed by atoms with Crippen molar-refractivity contribution >= 4 is 21.7 Å². The van der Waals surface area contributed by atoms with Gasteiger partial charge in [0.25, 0.3) is 0 Å². The van der Waals surface area contributed by atoms with E-state index in [1.54, 1.807) is 6.07 Å². The van der Waals surface area contributed by atoms with Crippen LogP contribution in [0.25, 0.3) is 0 Å². The number of unbranched alkanes of at least 4 members (excludes halogenated alkanes) is 5. The summed E-state index contributed by atoms with van der Waals surface area (Å²) in [7, 11) is 0. The summed E-state index contributed by atoms with van der Waals surface area (Å²) < 4.78 is 13.6. The fourth-order valence-corrected chi connectivity index (χ4v) is 2.56. The molecule has 106 valence electrons. The number of rotatable bonds is 9. The van der Waals surface area contributed by atoms with E-state index in [0.717, 1.165) is 18.4 Å². The summed E-state index contributed by atoms with van der Waals surface area (Å²) in [4.78, 5) is 11.8. The highest BCUT2D eigenvalue weighted by Crippen LogP contribution is 2.19. The lowest BCUT2D eigenvalue weighted by Crippen LogP contribution is -2.03. The van der Waals surface area contributed by atoms with Crippen molar-refractivity contribution in [3.8, 4) is 0 Å². The van der Waals surface area contributed by atoms with E-state index >= 15 is 0 Å². The summed E-state index contributed by atoms with van der Waals surface area (Å²) >= 11 is 3.29. The van der Waals surface area contributed by atoms with Crippen LogP contribution < -0.4 is 0 Å². The molecule has 0 radical (unpaired) electrons. The Bertz CT molecular complexity index is 404. The molecule has 3 heteroatoms. The number of hydrogen-bond acceptors (Lipinski definition) is 1. The lowest BCUT2D eigenvalue weighted by Gasteiger charge is -2.04. The average molecular weight is 329 g/mol. The zero-order valence-corrected chi connectivity index (χ0v) is 13.1. The molecule has 0 atom stereocenters. The second-order valence-corrected chi connectivity index (χ2v) is 5.82. The number of benzene rings is 1. The highest BCUT2D eigenvalue weighted by Gasteiger charge is 2.07. The van der Waals surface area contributed by atoms with E-state index < -0.39 is 0 Å². The number of carbonyl (C=O) groups excluding carboxylic acids is 1. The first-order valence-corrected chi connectivity index (χ1v) is 7.88. The van der Waals surface area contributed by atoms with E-state index in [1.807, 2.05) is 0 Å². The molecular formula is C16H22BrFO. The number of Topliss-reactive ketones (excluding diaryl/α,β-unsaturated/α-hetero) is 1. The van der Waals surface area contributed by atoms with Crippen LogP contribution in [0.1, 0.15) is 57.4 Å². The first-order valence-electron chi connectivity index (χ1n) is 7.09. The summed E-state index contributed by atoms with van der Waals surface area (Å²) in [5.41, 5.74) is 0.873. The van der Waals surface area contributed by atoms with Crippen molar-refractivity contribution in [1.82, 2.24) is 0 Å². The highest BCUT2D eigenvalue weighted by atomic mass is 79.9. The predicted octanol–water partition coefficient (Wildman–Crippen LogP) is 5.45. The van der Waals surface area contributed by atoms with Crippen LogP contribution >= 0.6 is 15.9 Å². The molecular weight excluding hydrogens is 307 g/mol. The molecule has 0 unspecified atom stereocenters. The van der Waals surface area contributed by atoms with Gasteiger partial charge in [-0.15, -0.1) is 0 Å². The second kappa shape index (κ2) is 9.24. The van der Waals surface area contributed by atoms with Crippen molar-refractivity contribution in [1.29, 1.82) is 0 Å². The van der Waals surface area contributed by atoms with Gasteiger partial charge in [0.15, 0.2) is 0 Å². The van der Waals surface area contributed by atoms with Gasteiger partial charge in [0.1, 0.15) is 11.6 Å². The van der Waals surface area contributed by atoms with Gasteiger partial charge in [-0.3, -0.25) is 4.79 Å². The Morgan fingerprint density at radius 1 is 1.16 bits per heavy atom. The maximum atomic E-state index is 12.9. The van der Waals surface area contributed by atoms with Crippen molar-refractivity contribution in [2.45, 2.75) is 58.3 Å². The van der Waals surface area contributed by atoms with E-state index in [4.69, 9.17) is 0 Å². The second-order valence-electron chi connectivity index (χ2n) is 4.97. The van der Waals surface area contributed by atoms with Crippen molar-refractivity contribution in [3.05, 3.63) is 34.1 Å². The predicted molar refractivity (Wildman–Crippen MR) is 80.8 cm³/mol. The molecule has 1 aromatic rings. The molecule has 0 aliphatic heterocycles. The minimum atomic E-state index is -0.279. The normalized spacial score (nSPS) is 10.7. The molecule has 0 saturated heterocycles. The Morgan fingerprint density at radius 2 is 1.84 bits per heavy atom. The molecule has 0 saturated carbocycles. The van der Waals surface area contributed by atoms with Crippen LogP contribution in [-0.2, 0) is 11.2 Å². The molecule has 1 aromatic carbocycles. The van der Waals surface area contributed by atoms with Gasteiger partial charge in [0.05, 0.1) is 0 Å². The molecule has 0 heterocycles. The van der Waals surface area contributed by atoms with Gasteiger partial charge < -0.3 is 0 Å². The lowest BCUT2D eigenvalue weighted by atomic mass is 10.0. The largest absolute Gasteiger partial charge is 0.299 e. The molecule has 0 aliphatic carbocycles. The first kappa shape index (κ1) is 16.4. The maximum Gasteiger partial charge on any atom is 0.137 e. The topological polar surface area (TPSA) is 17.1 Å². The minimum Gasteiger partial charge on any atom is -0.299 e. The Hall–Kier alpha value is -0.700. The van der Waals surface area contributed by atoms with Gasteiger partial charge in [-0.1, -0.05) is 61.0 Å². The monoisotopic (exact) mass is 328 g/mol. The molecule has 1 nitrogen and oxygen atoms in total. The van der Waals surface area contributed by atoms with Crippen molar-refractivity contribution < 1.29 is 9.18 Å². The van der Waals surface area contributed by atoms with E-state index in [9.17, 15) is 9.18 Å². The van der Waals surface area contributed by atoms with E-state index in [2.05, 4.69) is 22.9 Å². The first-order chi connectivity index (χ1) is 9.13. The molecule has 19 heavy (non-hydrogen) atoms. The van der Waals surface area contributed by atoms with Crippen molar-refractivity contribution in [2.75, 3.05) is 0 Å². The van der Waals surface area contributed by atoms with Crippen LogP contribution in [0.3, 0.4) is 0 Å². The molecule has 0 N–H and O–H groups in total. The fourth-order valence-electron chi connectivity index (χ4n) is 2.07. The molecule has 0 amide bonds. The van der Waals surface area contributed by atoms with Crippen LogP contribution in [0.4, 0.5) is 4.39 Å². The van der Waals surface area contributed by atoms with Gasteiger partial charge in [0, 0.05) is 17.3 Å². The van der Waals surface area contributed by atoms with Gasteiger partial charge in [0.2, 0.25) is 0 Å². The number of halogens is 2. The Labute approximate surface area is 123 Å². The van der Waals surface area contributed by atoms with Gasteiger partial charge in [-0.05, 0) is 24.1 Å². The summed E-state index contributed by atoms with van der Waals surface area (Å²) in [5, 5.41) is 0. The Kier molecular flexibility index (Phi) is 7.96. The molecule has 0 fully saturated rings. The highest BCUT2D eigenvalue weighted by molar-refractivity contribution is 9.10. The zero-order chi connectivity index (χ0) is 14.1. The molecule has 0 aromatic heterocycles. The SMILES string of the molecule is CCCCCCCCC(=O)Cc1ccc(F)cc1Br. The lowest BCUT2D eigenvalue weighted by molar-refractivity contribution is -0.118. The minimum absolute atomic E-state index is 0.239. The van der Waals surface area contributed by atoms with Gasteiger partial charge >= 0.3 is 0 Å². The summed E-state index contributed by atoms with van der Waals surface area (Å²) in [5.74, 6) is -0.0400. The van der Waals surface area contributed by atoms with E-state index in [0.29, 0.717) is 17.3 Å². The standard InChI is InChI=1S/C16H22BrFO/c1-2-3-4-5-6-7-8-15(19)11-13-9-10-14(18)12-16(13)17/h9-10,12H,2-8,11H2,1H3. The quantitative estimate of drug-likeness (QED) is 0.551. The van der Waals surface area contributed by atoms with Crippen LogP contribution in [0.2, 0.25) is 0 Å². The van der Waals surface area contributed by atoms with Gasteiger partial charge in [-0.25, -0.2) is 4.39 Å². The van der Waals surface area contributed by atoms with Crippen LogP contribution in [0, 0.1) is 5.82 Å². The Morgan fingerprint density at radius 3 is 2.53 bits per heavy atom. The Balaban J connectivity index is 2.23. The van der Waals surface area contributed by atoms with Gasteiger partial charge in [-0.2, -0.15) is 0 Å². The van der Waals surface area contributed by atoms with Crippen LogP contribution in [0.5, 0.6) is 0 Å². The third kappa shape index (κ3) is 6.86. The van der Waals surface area contributed by atoms with Crippen LogP contribution in [-0.4, -0.2) is 5.78 Å². The van der Waals surface area contributed by atoms with E-state index in [-0.39, 0.29) is 11.6 Å². The van der Waals surface area contributed by atoms with Crippen LogP contribution in [0.15, 0.2) is 22.7 Å². The average Bonchev–Trinajstić information content (AvgIpc) is 2.37. The molecule has 0 bridgehead atoms. The number of ketones is 1. The molecule has 1 rings (SSSR count). The summed E-state index contributed by atoms with van der Waals surface area (Å²) in [6, 6.07) is 4.49. The third-order valence-electron chi connectivity index (χ3n) is 3.21. The third-order valence-corrected chi connectivity index (χ3v) is 3.95. The molecule has 0 aliphatic rings. The summed E-state index contributed by atoms with van der Waals surface area (Å²) in [6.07, 6.45) is 8.17. The summed E-state index contributed by atoms with van der Waals surface area (Å²) in [6.45, 7) is 2.20. The fraction of sp³-hybridized carbons (Fsp3) is 0.562.